The Labute approximate surface area is 181 Å². The number of carbonyl (C=O) groups excluding carboxylic acids is 2. The number of rotatable bonds is 2. The fourth-order valence-corrected chi connectivity index (χ4v) is 4.41. The number of halogens is 3. The van der Waals surface area contributed by atoms with Gasteiger partial charge >= 0.3 is 12.1 Å². The fraction of sp³-hybridized carbons (Fsp3) is 0.450. The third kappa shape index (κ3) is 3.34. The minimum Gasteiger partial charge on any atom is -0.377 e. The number of hydrogen-bond acceptors (Lipinski definition) is 4. The number of nitrogens with zero attached hydrogens (tertiary/aromatic N) is 5. The van der Waals surface area contributed by atoms with E-state index in [1.807, 2.05) is 6.92 Å². The number of aromatic nitrogens is 2. The van der Waals surface area contributed by atoms with Gasteiger partial charge in [0.1, 0.15) is 0 Å². The number of ether oxygens (including phenoxy) is 1. The lowest BCUT2D eigenvalue weighted by atomic mass is 10.2. The average molecular weight is 450 g/mol. The smallest absolute Gasteiger partial charge is 0.325 e. The van der Waals surface area contributed by atoms with Crippen molar-refractivity contribution in [3.63, 3.8) is 0 Å². The van der Waals surface area contributed by atoms with Crippen molar-refractivity contribution in [1.29, 1.82) is 0 Å². The molecule has 1 aromatic heterocycles. The lowest BCUT2D eigenvalue weighted by Gasteiger charge is -2.35. The van der Waals surface area contributed by atoms with Gasteiger partial charge in [-0.1, -0.05) is 0 Å². The monoisotopic (exact) mass is 450 g/mol. The maximum absolute atomic E-state index is 13.5. The number of urea groups is 2. The topological polar surface area (TPSA) is 82.9 Å². The van der Waals surface area contributed by atoms with E-state index < -0.39 is 23.5 Å². The van der Waals surface area contributed by atoms with Gasteiger partial charge in [-0.15, -0.1) is 0 Å². The van der Waals surface area contributed by atoms with Crippen LogP contribution in [0.3, 0.4) is 0 Å². The number of hydrogen-bond donors (Lipinski definition) is 1. The van der Waals surface area contributed by atoms with Gasteiger partial charge in [0, 0.05) is 24.4 Å². The molecule has 4 heterocycles. The molecule has 2 saturated heterocycles. The molecule has 2 atom stereocenters. The first-order chi connectivity index (χ1) is 15.3. The third-order valence-electron chi connectivity index (χ3n) is 6.10. The Morgan fingerprint density at radius 2 is 1.97 bits per heavy atom. The molecule has 3 aliphatic rings. The van der Waals surface area contributed by atoms with Crippen LogP contribution in [0.1, 0.15) is 12.6 Å². The highest BCUT2D eigenvalue weighted by Crippen LogP contribution is 2.32. The van der Waals surface area contributed by atoms with Gasteiger partial charge in [0.2, 0.25) is 0 Å². The van der Waals surface area contributed by atoms with E-state index in [0.717, 1.165) is 12.1 Å². The zero-order valence-corrected chi connectivity index (χ0v) is 17.2. The molecular weight excluding hydrogens is 429 g/mol. The van der Waals surface area contributed by atoms with Crippen LogP contribution in [0.25, 0.3) is 0 Å². The number of carbonyl (C=O) groups is 2. The predicted octanol–water partition coefficient (Wildman–Crippen LogP) is 2.38. The van der Waals surface area contributed by atoms with Gasteiger partial charge in [0.25, 0.3) is 0 Å². The molecule has 32 heavy (non-hydrogen) atoms. The van der Waals surface area contributed by atoms with Crippen molar-refractivity contribution in [2.45, 2.75) is 32.1 Å². The van der Waals surface area contributed by atoms with Crippen molar-refractivity contribution < 1.29 is 27.5 Å². The molecule has 1 N–H and O–H groups in total. The second kappa shape index (κ2) is 7.69. The van der Waals surface area contributed by atoms with Gasteiger partial charge in [0.15, 0.2) is 17.5 Å². The molecule has 0 spiro atoms. The van der Waals surface area contributed by atoms with Gasteiger partial charge in [-0.3, -0.25) is 9.58 Å². The van der Waals surface area contributed by atoms with Crippen molar-refractivity contribution >= 4 is 23.4 Å². The van der Waals surface area contributed by atoms with Gasteiger partial charge in [-0.2, -0.15) is 5.10 Å². The zero-order valence-electron chi connectivity index (χ0n) is 17.2. The minimum absolute atomic E-state index is 0.0306. The summed E-state index contributed by atoms with van der Waals surface area (Å²) in [6.07, 6.45) is 1.62. The molecule has 0 aliphatic carbocycles. The van der Waals surface area contributed by atoms with Crippen LogP contribution < -0.4 is 10.2 Å². The Balaban J connectivity index is 1.37. The molecular formula is C20H21F3N6O3. The van der Waals surface area contributed by atoms with Gasteiger partial charge in [-0.05, 0) is 6.92 Å². The normalized spacial score (nSPS) is 22.8. The average Bonchev–Trinajstić information content (AvgIpc) is 3.31. The van der Waals surface area contributed by atoms with Gasteiger partial charge in [-0.25, -0.2) is 22.8 Å². The molecule has 5 rings (SSSR count). The maximum atomic E-state index is 13.5. The van der Waals surface area contributed by atoms with Crippen molar-refractivity contribution in [2.24, 2.45) is 0 Å². The summed E-state index contributed by atoms with van der Waals surface area (Å²) in [7, 11) is 0. The zero-order chi connectivity index (χ0) is 22.6. The van der Waals surface area contributed by atoms with Crippen LogP contribution in [0.4, 0.5) is 34.1 Å². The first-order valence-electron chi connectivity index (χ1n) is 10.3. The molecule has 4 amide bonds. The first-order valence-corrected chi connectivity index (χ1v) is 10.3. The second-order valence-electron chi connectivity index (χ2n) is 8.13. The van der Waals surface area contributed by atoms with Crippen molar-refractivity contribution in [3.8, 4) is 0 Å². The molecule has 0 saturated carbocycles. The Hall–Kier alpha value is -3.28. The molecule has 1 unspecified atom stereocenters. The van der Waals surface area contributed by atoms with E-state index in [0.29, 0.717) is 44.2 Å². The second-order valence-corrected chi connectivity index (χ2v) is 8.13. The Bertz CT molecular complexity index is 1070. The molecule has 3 aliphatic heterocycles. The Morgan fingerprint density at radius 1 is 1.22 bits per heavy atom. The number of fused-ring (bicyclic) bond motifs is 2. The van der Waals surface area contributed by atoms with Crippen LogP contribution in [0.15, 0.2) is 18.3 Å². The van der Waals surface area contributed by atoms with Gasteiger partial charge in [0.05, 0.1) is 62.5 Å². The molecule has 9 nitrogen and oxygen atoms in total. The summed E-state index contributed by atoms with van der Waals surface area (Å²) >= 11 is 0. The highest BCUT2D eigenvalue weighted by molar-refractivity contribution is 5.95. The predicted molar refractivity (Wildman–Crippen MR) is 107 cm³/mol. The van der Waals surface area contributed by atoms with Crippen LogP contribution in [-0.2, 0) is 17.8 Å². The van der Waals surface area contributed by atoms with Crippen LogP contribution in [0.5, 0.6) is 0 Å². The summed E-state index contributed by atoms with van der Waals surface area (Å²) in [6, 6.07) is 0.418. The van der Waals surface area contributed by atoms with Crippen molar-refractivity contribution in [3.05, 3.63) is 41.5 Å². The summed E-state index contributed by atoms with van der Waals surface area (Å²) in [5, 5.41) is 6.81. The SMILES string of the molecule is C[C@H]1Cn2ncc(N3CC4COCCN4C3=O)c2CN1C(=O)Nc1cc(F)c(F)c(F)c1. The maximum Gasteiger partial charge on any atom is 0.325 e. The van der Waals surface area contributed by atoms with E-state index in [-0.39, 0.29) is 30.3 Å². The molecule has 2 aromatic rings. The number of anilines is 2. The summed E-state index contributed by atoms with van der Waals surface area (Å²) in [4.78, 5) is 30.7. The number of amides is 4. The highest BCUT2D eigenvalue weighted by atomic mass is 19.2. The van der Waals surface area contributed by atoms with Crippen LogP contribution in [0.2, 0.25) is 0 Å². The summed E-state index contributed by atoms with van der Waals surface area (Å²) in [5.74, 6) is -4.37. The van der Waals surface area contributed by atoms with E-state index in [1.54, 1.807) is 20.7 Å². The van der Waals surface area contributed by atoms with Crippen LogP contribution >= 0.6 is 0 Å². The summed E-state index contributed by atoms with van der Waals surface area (Å²) in [6.45, 7) is 4.30. The number of benzene rings is 1. The summed E-state index contributed by atoms with van der Waals surface area (Å²) < 4.78 is 47.5. The van der Waals surface area contributed by atoms with E-state index >= 15 is 0 Å². The Morgan fingerprint density at radius 3 is 2.69 bits per heavy atom. The first kappa shape index (κ1) is 20.6. The van der Waals surface area contributed by atoms with Crippen molar-refractivity contribution in [2.75, 3.05) is 36.5 Å². The van der Waals surface area contributed by atoms with E-state index in [2.05, 4.69) is 10.4 Å². The minimum atomic E-state index is -1.60. The molecule has 0 radical (unpaired) electrons. The molecule has 12 heteroatoms. The van der Waals surface area contributed by atoms with E-state index in [9.17, 15) is 22.8 Å². The molecule has 2 fully saturated rings. The van der Waals surface area contributed by atoms with E-state index in [1.165, 1.54) is 4.90 Å². The lowest BCUT2D eigenvalue weighted by molar-refractivity contribution is 0.0300. The number of morpholine rings is 1. The number of nitrogens with one attached hydrogen (secondary N) is 1. The van der Waals surface area contributed by atoms with Crippen LogP contribution in [0, 0.1) is 17.5 Å². The molecule has 0 bridgehead atoms. The Kier molecular flexibility index (Phi) is 4.96. The molecule has 1 aromatic carbocycles. The third-order valence-corrected chi connectivity index (χ3v) is 6.10. The van der Waals surface area contributed by atoms with E-state index in [4.69, 9.17) is 4.74 Å². The standard InChI is InChI=1S/C20H21F3N6O3/c1-11-7-29-17(9-27(11)19(30)25-12-4-14(21)18(23)15(22)5-12)16(6-24-29)28-8-13-10-32-3-2-26(13)20(28)31/h4-6,11,13H,2-3,7-10H2,1H3,(H,25,30)/t11-,13?/m0/s1. The van der Waals surface area contributed by atoms with Gasteiger partial charge < -0.3 is 19.9 Å². The molecule has 170 valence electrons. The summed E-state index contributed by atoms with van der Waals surface area (Å²) in [5.41, 5.74) is 1.11. The largest absolute Gasteiger partial charge is 0.377 e. The highest BCUT2D eigenvalue weighted by Gasteiger charge is 2.42. The quantitative estimate of drug-likeness (QED) is 0.713. The van der Waals surface area contributed by atoms with Crippen LogP contribution in [-0.4, -0.2) is 70.0 Å². The lowest BCUT2D eigenvalue weighted by Crippen LogP contribution is -2.47. The fourth-order valence-electron chi connectivity index (χ4n) is 4.41. The van der Waals surface area contributed by atoms with Crippen molar-refractivity contribution in [1.82, 2.24) is 19.6 Å².